The van der Waals surface area contributed by atoms with Crippen LogP contribution in [0.15, 0.2) is 67.1 Å². The van der Waals surface area contributed by atoms with Crippen LogP contribution >= 0.6 is 0 Å². The van der Waals surface area contributed by atoms with Gasteiger partial charge in [0.2, 0.25) is 0 Å². The molecule has 8 heteroatoms. The number of rotatable bonds is 4. The Bertz CT molecular complexity index is 1640. The highest BCUT2D eigenvalue weighted by molar-refractivity contribution is 6.10. The van der Waals surface area contributed by atoms with Crippen LogP contribution in [0.3, 0.4) is 0 Å². The molecule has 3 heterocycles. The van der Waals surface area contributed by atoms with Crippen molar-refractivity contribution in [1.82, 2.24) is 19.7 Å². The summed E-state index contributed by atoms with van der Waals surface area (Å²) in [5, 5.41) is 27.2. The van der Waals surface area contributed by atoms with Gasteiger partial charge in [-0.3, -0.25) is 15.0 Å². The molecule has 0 aliphatic heterocycles. The number of anilines is 1. The van der Waals surface area contributed by atoms with Crippen molar-refractivity contribution in [3.05, 3.63) is 72.7 Å². The molecule has 8 nitrogen and oxygen atoms in total. The maximum absolute atomic E-state index is 11.0. The summed E-state index contributed by atoms with van der Waals surface area (Å²) in [5.74, 6) is 0. The molecule has 0 saturated carbocycles. The minimum Gasteiger partial charge on any atom is -0.465 e. The molecule has 2 N–H and O–H groups in total. The Morgan fingerprint density at radius 2 is 1.74 bits per heavy atom. The maximum atomic E-state index is 11.0. The largest absolute Gasteiger partial charge is 0.465 e. The lowest BCUT2D eigenvalue weighted by atomic mass is 9.86. The highest BCUT2D eigenvalue weighted by Crippen LogP contribution is 2.35. The summed E-state index contributed by atoms with van der Waals surface area (Å²) in [7, 11) is 1.89. The molecule has 0 spiro atoms. The van der Waals surface area contributed by atoms with E-state index in [0.717, 1.165) is 49.8 Å². The molecule has 0 unspecified atom stereocenters. The van der Waals surface area contributed by atoms with E-state index in [0.29, 0.717) is 5.69 Å². The summed E-state index contributed by atoms with van der Waals surface area (Å²) in [6, 6.07) is 17.9. The van der Waals surface area contributed by atoms with Gasteiger partial charge in [0.15, 0.2) is 0 Å². The molecule has 0 atom stereocenters. The summed E-state index contributed by atoms with van der Waals surface area (Å²) < 4.78 is 1.82. The summed E-state index contributed by atoms with van der Waals surface area (Å²) in [5.41, 5.74) is 5.94. The van der Waals surface area contributed by atoms with Gasteiger partial charge in [-0.15, -0.1) is 0 Å². The number of carbonyl (C=O) groups is 1. The van der Waals surface area contributed by atoms with Crippen LogP contribution in [0.4, 0.5) is 10.5 Å². The fourth-order valence-corrected chi connectivity index (χ4v) is 4.22. The van der Waals surface area contributed by atoms with Crippen LogP contribution in [0.25, 0.3) is 44.2 Å². The molecule has 3 aromatic heterocycles. The third-order valence-electron chi connectivity index (χ3n) is 6.16. The molecule has 0 aliphatic rings. The van der Waals surface area contributed by atoms with E-state index in [4.69, 9.17) is 10.1 Å². The Balaban J connectivity index is 1.65. The van der Waals surface area contributed by atoms with Crippen LogP contribution < -0.4 is 5.32 Å². The van der Waals surface area contributed by atoms with Gasteiger partial charge in [-0.05, 0) is 43.2 Å². The topological polar surface area (TPSA) is 117 Å². The molecule has 0 fully saturated rings. The number of nitriles is 1. The van der Waals surface area contributed by atoms with Gasteiger partial charge < -0.3 is 5.11 Å². The number of nitrogens with one attached hydrogen (secondary N) is 1. The van der Waals surface area contributed by atoms with Gasteiger partial charge >= 0.3 is 6.09 Å². The van der Waals surface area contributed by atoms with E-state index in [1.807, 2.05) is 74.2 Å². The Kier molecular flexibility index (Phi) is 5.18. The van der Waals surface area contributed by atoms with E-state index in [1.54, 1.807) is 12.3 Å². The average molecular weight is 463 g/mol. The van der Waals surface area contributed by atoms with Crippen molar-refractivity contribution >= 4 is 33.6 Å². The van der Waals surface area contributed by atoms with Crippen LogP contribution in [0.5, 0.6) is 0 Å². The monoisotopic (exact) mass is 462 g/mol. The summed E-state index contributed by atoms with van der Waals surface area (Å²) >= 11 is 0. The number of aryl methyl sites for hydroxylation is 1. The molecule has 0 radical (unpaired) electrons. The maximum Gasteiger partial charge on any atom is 0.409 e. The third-order valence-corrected chi connectivity index (χ3v) is 6.16. The number of hydrogen-bond donors (Lipinski definition) is 2. The number of fused-ring (bicyclic) bond motifs is 3. The molecule has 0 bridgehead atoms. The lowest BCUT2D eigenvalue weighted by Gasteiger charge is -2.16. The number of aromatic nitrogens is 4. The Morgan fingerprint density at radius 1 is 1.00 bits per heavy atom. The quantitative estimate of drug-likeness (QED) is 0.352. The minimum absolute atomic E-state index is 0.401. The predicted molar refractivity (Wildman–Crippen MR) is 135 cm³/mol. The standard InChI is InChI=1S/C27H22N6O2/c1-27(2,15-28)19-7-4-16(5-8-19)24-25-22(14-30-33(25)3)21-11-17(6-9-23(21)32-24)18-10-20(13-29-12-18)31-26(34)35/h4-14,31H,1-3H3,(H,34,35). The fourth-order valence-electron chi connectivity index (χ4n) is 4.22. The summed E-state index contributed by atoms with van der Waals surface area (Å²) in [6.45, 7) is 3.80. The smallest absolute Gasteiger partial charge is 0.409 e. The molecule has 5 aromatic rings. The summed E-state index contributed by atoms with van der Waals surface area (Å²) in [6.07, 6.45) is 3.86. The Labute approximate surface area is 201 Å². The molecule has 5 rings (SSSR count). The van der Waals surface area contributed by atoms with E-state index in [-0.39, 0.29) is 0 Å². The second-order valence-corrected chi connectivity index (χ2v) is 8.93. The lowest BCUT2D eigenvalue weighted by Crippen LogP contribution is -2.13. The van der Waals surface area contributed by atoms with Crippen LogP contribution in [-0.4, -0.2) is 30.9 Å². The van der Waals surface area contributed by atoms with Gasteiger partial charge in [0.1, 0.15) is 0 Å². The van der Waals surface area contributed by atoms with Crippen LogP contribution in [0.1, 0.15) is 19.4 Å². The molecular formula is C27H22N6O2. The van der Waals surface area contributed by atoms with Crippen molar-refractivity contribution in [2.45, 2.75) is 19.3 Å². The summed E-state index contributed by atoms with van der Waals surface area (Å²) in [4.78, 5) is 20.1. The van der Waals surface area contributed by atoms with Crippen molar-refractivity contribution in [1.29, 1.82) is 5.26 Å². The van der Waals surface area contributed by atoms with Crippen LogP contribution in [0, 0.1) is 11.3 Å². The molecule has 172 valence electrons. The second kappa shape index (κ2) is 8.22. The molecule has 1 amide bonds. The van der Waals surface area contributed by atoms with Gasteiger partial charge in [0.25, 0.3) is 0 Å². The number of benzene rings is 2. The first-order chi connectivity index (χ1) is 16.8. The lowest BCUT2D eigenvalue weighted by molar-refractivity contribution is 0.209. The first-order valence-corrected chi connectivity index (χ1v) is 11.0. The Hall–Kier alpha value is -4.77. The number of nitrogens with zero attached hydrogens (tertiary/aromatic N) is 5. The predicted octanol–water partition coefficient (Wildman–Crippen LogP) is 5.74. The van der Waals surface area contributed by atoms with Gasteiger partial charge in [0, 0.05) is 35.1 Å². The van der Waals surface area contributed by atoms with Gasteiger partial charge in [-0.2, -0.15) is 10.4 Å². The normalized spacial score (nSPS) is 11.5. The van der Waals surface area contributed by atoms with Gasteiger partial charge in [-0.25, -0.2) is 9.78 Å². The zero-order valence-corrected chi connectivity index (χ0v) is 19.4. The van der Waals surface area contributed by atoms with Gasteiger partial charge in [0.05, 0.1) is 46.3 Å². The third kappa shape index (κ3) is 3.93. The van der Waals surface area contributed by atoms with Crippen molar-refractivity contribution in [2.24, 2.45) is 7.05 Å². The highest BCUT2D eigenvalue weighted by atomic mass is 16.4. The van der Waals surface area contributed by atoms with Crippen molar-refractivity contribution in [3.8, 4) is 28.5 Å². The molecule has 0 aliphatic carbocycles. The van der Waals surface area contributed by atoms with E-state index < -0.39 is 11.5 Å². The minimum atomic E-state index is -1.14. The highest BCUT2D eigenvalue weighted by Gasteiger charge is 2.20. The molecule has 0 saturated heterocycles. The fraction of sp³-hybridized carbons (Fsp3) is 0.148. The number of amides is 1. The average Bonchev–Trinajstić information content (AvgIpc) is 3.25. The van der Waals surface area contributed by atoms with E-state index in [2.05, 4.69) is 21.5 Å². The van der Waals surface area contributed by atoms with Crippen LogP contribution in [0.2, 0.25) is 0 Å². The van der Waals surface area contributed by atoms with Crippen molar-refractivity contribution in [3.63, 3.8) is 0 Å². The SMILES string of the molecule is Cn1ncc2c3cc(-c4cncc(NC(=O)O)c4)ccc3nc(-c3ccc(C(C)(C)C#N)cc3)c21. The van der Waals surface area contributed by atoms with Gasteiger partial charge in [-0.1, -0.05) is 30.3 Å². The van der Waals surface area contributed by atoms with Crippen molar-refractivity contribution < 1.29 is 9.90 Å². The number of pyridine rings is 2. The van der Waals surface area contributed by atoms with E-state index >= 15 is 0 Å². The zero-order valence-electron chi connectivity index (χ0n) is 19.4. The zero-order chi connectivity index (χ0) is 24.7. The molecular weight excluding hydrogens is 440 g/mol. The second-order valence-electron chi connectivity index (χ2n) is 8.93. The van der Waals surface area contributed by atoms with Crippen LogP contribution in [-0.2, 0) is 12.5 Å². The first-order valence-electron chi connectivity index (χ1n) is 11.0. The number of hydrogen-bond acceptors (Lipinski definition) is 5. The number of carboxylic acid groups (broad SMARTS) is 1. The molecule has 35 heavy (non-hydrogen) atoms. The Morgan fingerprint density at radius 3 is 2.46 bits per heavy atom. The van der Waals surface area contributed by atoms with E-state index in [1.165, 1.54) is 6.20 Å². The first kappa shape index (κ1) is 22.0. The molecule has 2 aromatic carbocycles. The van der Waals surface area contributed by atoms with Crippen molar-refractivity contribution in [2.75, 3.05) is 5.32 Å². The van der Waals surface area contributed by atoms with E-state index in [9.17, 15) is 10.1 Å².